The van der Waals surface area contributed by atoms with Crippen LogP contribution in [-0.4, -0.2) is 38.8 Å². The van der Waals surface area contributed by atoms with Crippen LogP contribution in [0, 0.1) is 20.8 Å². The second kappa shape index (κ2) is 7.58. The third-order valence-electron chi connectivity index (χ3n) is 4.37. The summed E-state index contributed by atoms with van der Waals surface area (Å²) in [5.41, 5.74) is 5.61. The highest BCUT2D eigenvalue weighted by Gasteiger charge is 2.21. The molecule has 0 amide bonds. The molecular formula is C18H25NO5S. The highest BCUT2D eigenvalue weighted by atomic mass is 32.2. The lowest BCUT2D eigenvalue weighted by molar-refractivity contribution is 0.0519. The lowest BCUT2D eigenvalue weighted by atomic mass is 9.96. The fourth-order valence-electron chi connectivity index (χ4n) is 2.99. The van der Waals surface area contributed by atoms with E-state index in [1.54, 1.807) is 6.92 Å². The second-order valence-corrected chi connectivity index (χ2v) is 7.84. The summed E-state index contributed by atoms with van der Waals surface area (Å²) in [6.07, 6.45) is 2.03. The van der Waals surface area contributed by atoms with Crippen LogP contribution < -0.4 is 0 Å². The molecule has 0 atom stereocenters. The number of H-pyrrole nitrogens is 1. The molecule has 0 aliphatic carbocycles. The predicted molar refractivity (Wildman–Crippen MR) is 97.6 cm³/mol. The van der Waals surface area contributed by atoms with Gasteiger partial charge in [-0.25, -0.2) is 4.79 Å². The van der Waals surface area contributed by atoms with Gasteiger partial charge in [-0.05, 0) is 68.9 Å². The van der Waals surface area contributed by atoms with Crippen molar-refractivity contribution in [1.82, 2.24) is 4.98 Å². The molecular weight excluding hydrogens is 342 g/mol. The molecule has 138 valence electrons. The normalized spacial score (nSPS) is 11.9. The molecule has 6 nitrogen and oxygen atoms in total. The van der Waals surface area contributed by atoms with E-state index in [9.17, 15) is 13.2 Å². The van der Waals surface area contributed by atoms with Crippen LogP contribution in [0.5, 0.6) is 0 Å². The molecule has 1 heterocycles. The molecule has 7 heteroatoms. The first kappa shape index (κ1) is 19.5. The summed E-state index contributed by atoms with van der Waals surface area (Å²) in [4.78, 5) is 15.5. The summed E-state index contributed by atoms with van der Waals surface area (Å²) in [7, 11) is -3.46. The van der Waals surface area contributed by atoms with Crippen molar-refractivity contribution in [2.45, 2.75) is 40.5 Å². The molecule has 0 saturated heterocycles. The fourth-order valence-corrected chi connectivity index (χ4v) is 3.41. The van der Waals surface area contributed by atoms with Gasteiger partial charge in [0.15, 0.2) is 0 Å². The number of carbonyl (C=O) groups excluding carboxylic acids is 1. The van der Waals surface area contributed by atoms with E-state index in [-0.39, 0.29) is 6.61 Å². The number of aromatic nitrogens is 1. The number of fused-ring (bicyclic) bond motifs is 1. The van der Waals surface area contributed by atoms with Gasteiger partial charge in [0.25, 0.3) is 10.1 Å². The molecule has 25 heavy (non-hydrogen) atoms. The molecule has 2 rings (SSSR count). The standard InChI is InChI=1S/C18H25NO5S/c1-6-23-18(20)17-14(8-7-9-24-25(5,21)22)16-13(4)12(3)11(2)10-15(16)19-17/h10,19H,6-9H2,1-5H3. The quantitative estimate of drug-likeness (QED) is 0.461. The molecule has 0 fully saturated rings. The van der Waals surface area contributed by atoms with Crippen molar-refractivity contribution in [3.63, 3.8) is 0 Å². The molecule has 1 N–H and O–H groups in total. The highest BCUT2D eigenvalue weighted by molar-refractivity contribution is 7.85. The Kier molecular flexibility index (Phi) is 5.90. The summed E-state index contributed by atoms with van der Waals surface area (Å²) in [5.74, 6) is -0.396. The highest BCUT2D eigenvalue weighted by Crippen LogP contribution is 2.31. The number of aryl methyl sites for hydroxylation is 3. The van der Waals surface area contributed by atoms with Gasteiger partial charge in [-0.15, -0.1) is 0 Å². The first-order valence-electron chi connectivity index (χ1n) is 8.28. The molecule has 0 aliphatic heterocycles. The van der Waals surface area contributed by atoms with Crippen molar-refractivity contribution in [3.05, 3.63) is 34.0 Å². The largest absolute Gasteiger partial charge is 0.461 e. The smallest absolute Gasteiger partial charge is 0.355 e. The predicted octanol–water partition coefficient (Wildman–Crippen LogP) is 3.18. The summed E-state index contributed by atoms with van der Waals surface area (Å²) in [6.45, 7) is 8.26. The number of hydrogen-bond donors (Lipinski definition) is 1. The lowest BCUT2D eigenvalue weighted by Gasteiger charge is -2.09. The van der Waals surface area contributed by atoms with Crippen molar-refractivity contribution in [2.75, 3.05) is 19.5 Å². The number of benzene rings is 1. The van der Waals surface area contributed by atoms with Crippen LogP contribution >= 0.6 is 0 Å². The van der Waals surface area contributed by atoms with Gasteiger partial charge in [0, 0.05) is 10.9 Å². The molecule has 0 aliphatic rings. The van der Waals surface area contributed by atoms with Gasteiger partial charge >= 0.3 is 5.97 Å². The van der Waals surface area contributed by atoms with Crippen LogP contribution in [0.15, 0.2) is 6.07 Å². The van der Waals surface area contributed by atoms with E-state index in [4.69, 9.17) is 8.92 Å². The summed E-state index contributed by atoms with van der Waals surface area (Å²) in [6, 6.07) is 2.02. The maximum absolute atomic E-state index is 12.3. The van der Waals surface area contributed by atoms with Gasteiger partial charge < -0.3 is 9.72 Å². The van der Waals surface area contributed by atoms with E-state index < -0.39 is 16.1 Å². The van der Waals surface area contributed by atoms with E-state index in [1.165, 1.54) is 5.56 Å². The zero-order valence-corrected chi connectivity index (χ0v) is 16.2. The number of carbonyl (C=O) groups is 1. The van der Waals surface area contributed by atoms with Crippen molar-refractivity contribution in [3.8, 4) is 0 Å². The van der Waals surface area contributed by atoms with E-state index in [1.807, 2.05) is 19.9 Å². The zero-order valence-electron chi connectivity index (χ0n) is 15.4. The minimum Gasteiger partial charge on any atom is -0.461 e. The number of rotatable bonds is 7. The SMILES string of the molecule is CCOC(=O)c1[nH]c2cc(C)c(C)c(C)c2c1CCCOS(C)(=O)=O. The summed E-state index contributed by atoms with van der Waals surface area (Å²) in [5, 5.41) is 1.01. The second-order valence-electron chi connectivity index (χ2n) is 6.19. The Morgan fingerprint density at radius 1 is 1.20 bits per heavy atom. The third-order valence-corrected chi connectivity index (χ3v) is 4.97. The van der Waals surface area contributed by atoms with Crippen LogP contribution in [-0.2, 0) is 25.5 Å². The van der Waals surface area contributed by atoms with E-state index in [2.05, 4.69) is 11.9 Å². The fraction of sp³-hybridized carbons (Fsp3) is 0.500. The van der Waals surface area contributed by atoms with Gasteiger partial charge in [-0.3, -0.25) is 4.18 Å². The number of ether oxygens (including phenoxy) is 1. The van der Waals surface area contributed by atoms with Crippen molar-refractivity contribution in [2.24, 2.45) is 0 Å². The maximum atomic E-state index is 12.3. The molecule has 0 spiro atoms. The monoisotopic (exact) mass is 367 g/mol. The van der Waals surface area contributed by atoms with Crippen LogP contribution in [0.2, 0.25) is 0 Å². The van der Waals surface area contributed by atoms with Gasteiger partial charge in [-0.1, -0.05) is 0 Å². The van der Waals surface area contributed by atoms with Crippen molar-refractivity contribution in [1.29, 1.82) is 0 Å². The summed E-state index contributed by atoms with van der Waals surface area (Å²) < 4.78 is 32.2. The van der Waals surface area contributed by atoms with Gasteiger partial charge in [-0.2, -0.15) is 8.42 Å². The van der Waals surface area contributed by atoms with Crippen LogP contribution in [0.25, 0.3) is 10.9 Å². The van der Waals surface area contributed by atoms with Gasteiger partial charge in [0.1, 0.15) is 5.69 Å². The Labute approximate surface area is 148 Å². The molecule has 0 bridgehead atoms. The Bertz CT molecular complexity index is 896. The Morgan fingerprint density at radius 3 is 2.48 bits per heavy atom. The minimum absolute atomic E-state index is 0.0810. The molecule has 2 aromatic rings. The number of hydrogen-bond acceptors (Lipinski definition) is 5. The van der Waals surface area contributed by atoms with Crippen molar-refractivity contribution < 1.29 is 22.1 Å². The van der Waals surface area contributed by atoms with E-state index >= 15 is 0 Å². The molecule has 0 radical (unpaired) electrons. The average molecular weight is 367 g/mol. The molecule has 0 saturated carbocycles. The topological polar surface area (TPSA) is 85.5 Å². The van der Waals surface area contributed by atoms with Gasteiger partial charge in [0.2, 0.25) is 0 Å². The van der Waals surface area contributed by atoms with E-state index in [0.29, 0.717) is 25.1 Å². The summed E-state index contributed by atoms with van der Waals surface area (Å²) >= 11 is 0. The third kappa shape index (κ3) is 4.41. The lowest BCUT2D eigenvalue weighted by Crippen LogP contribution is -2.09. The molecule has 0 unspecified atom stereocenters. The van der Waals surface area contributed by atoms with Gasteiger partial charge in [0.05, 0.1) is 19.5 Å². The molecule has 1 aromatic heterocycles. The number of nitrogens with one attached hydrogen (secondary N) is 1. The Balaban J connectivity index is 2.44. The Hall–Kier alpha value is -1.86. The van der Waals surface area contributed by atoms with Crippen molar-refractivity contribution >= 4 is 27.0 Å². The number of esters is 1. The van der Waals surface area contributed by atoms with Crippen LogP contribution in [0.4, 0.5) is 0 Å². The minimum atomic E-state index is -3.46. The van der Waals surface area contributed by atoms with Crippen LogP contribution in [0.3, 0.4) is 0 Å². The molecule has 1 aromatic carbocycles. The number of aromatic amines is 1. The first-order valence-corrected chi connectivity index (χ1v) is 10.1. The average Bonchev–Trinajstić information content (AvgIpc) is 2.87. The van der Waals surface area contributed by atoms with E-state index in [0.717, 1.165) is 33.8 Å². The van der Waals surface area contributed by atoms with Crippen LogP contribution in [0.1, 0.15) is 46.1 Å². The Morgan fingerprint density at radius 2 is 1.88 bits per heavy atom. The maximum Gasteiger partial charge on any atom is 0.355 e. The first-order chi connectivity index (χ1) is 11.7. The zero-order chi connectivity index (χ0) is 18.8.